The Morgan fingerprint density at radius 1 is 1.11 bits per heavy atom. The number of carbonyl (C=O) groups is 1. The first-order chi connectivity index (χ1) is 12.9. The molecular formula is C17H10F3N5OS. The Hall–Kier alpha value is -3.27. The summed E-state index contributed by atoms with van der Waals surface area (Å²) in [5.74, 6) is -0.516. The molecule has 0 unspecified atom stereocenters. The van der Waals surface area contributed by atoms with Gasteiger partial charge in [0, 0.05) is 17.8 Å². The number of halogens is 3. The fourth-order valence-corrected chi connectivity index (χ4v) is 3.12. The third kappa shape index (κ3) is 3.26. The predicted molar refractivity (Wildman–Crippen MR) is 94.4 cm³/mol. The number of carbonyl (C=O) groups excluding carboxylic acids is 1. The molecule has 4 aromatic rings. The van der Waals surface area contributed by atoms with Crippen LogP contribution in [0.25, 0.3) is 22.6 Å². The van der Waals surface area contributed by atoms with Crippen LogP contribution in [0.2, 0.25) is 0 Å². The number of hydrogen-bond donors (Lipinski definition) is 2. The lowest BCUT2D eigenvalue weighted by molar-refractivity contribution is -0.137. The van der Waals surface area contributed by atoms with E-state index in [4.69, 9.17) is 0 Å². The number of nitrogens with one attached hydrogen (secondary N) is 2. The van der Waals surface area contributed by atoms with E-state index in [0.717, 1.165) is 6.07 Å². The summed E-state index contributed by atoms with van der Waals surface area (Å²) in [5.41, 5.74) is -0.337. The largest absolute Gasteiger partial charge is 0.418 e. The van der Waals surface area contributed by atoms with Gasteiger partial charge in [0.25, 0.3) is 5.91 Å². The normalized spacial score (nSPS) is 11.7. The lowest BCUT2D eigenvalue weighted by Crippen LogP contribution is -2.12. The highest BCUT2D eigenvalue weighted by Crippen LogP contribution is 2.35. The number of rotatable bonds is 3. The van der Waals surface area contributed by atoms with Crippen molar-refractivity contribution in [1.29, 1.82) is 0 Å². The van der Waals surface area contributed by atoms with E-state index in [1.807, 2.05) is 0 Å². The van der Waals surface area contributed by atoms with Crippen molar-refractivity contribution in [2.75, 3.05) is 5.32 Å². The number of fused-ring (bicyclic) bond motifs is 1. The molecule has 0 saturated carbocycles. The van der Waals surface area contributed by atoms with Gasteiger partial charge in [0.05, 0.1) is 16.6 Å². The van der Waals surface area contributed by atoms with E-state index in [1.54, 1.807) is 29.8 Å². The summed E-state index contributed by atoms with van der Waals surface area (Å²) in [6.07, 6.45) is -1.77. The number of nitrogens with zero attached hydrogens (tertiary/aromatic N) is 3. The van der Waals surface area contributed by atoms with Crippen molar-refractivity contribution in [2.45, 2.75) is 6.18 Å². The molecule has 2 N–H and O–H groups in total. The first kappa shape index (κ1) is 17.2. The number of alkyl halides is 3. The molecule has 3 heterocycles. The van der Waals surface area contributed by atoms with Gasteiger partial charge in [-0.05, 0) is 24.3 Å². The molecule has 0 radical (unpaired) electrons. The topological polar surface area (TPSA) is 83.6 Å². The summed E-state index contributed by atoms with van der Waals surface area (Å²) in [6.45, 7) is 0. The van der Waals surface area contributed by atoms with E-state index in [9.17, 15) is 18.0 Å². The van der Waals surface area contributed by atoms with Crippen LogP contribution < -0.4 is 5.32 Å². The Balaban J connectivity index is 1.79. The van der Waals surface area contributed by atoms with Gasteiger partial charge in [-0.2, -0.15) is 13.2 Å². The zero-order valence-corrected chi connectivity index (χ0v) is 14.2. The average molecular weight is 389 g/mol. The summed E-state index contributed by atoms with van der Waals surface area (Å²) in [7, 11) is 0. The predicted octanol–water partition coefficient (Wildman–Crippen LogP) is 4.35. The van der Waals surface area contributed by atoms with Gasteiger partial charge in [-0.3, -0.25) is 15.1 Å². The lowest BCUT2D eigenvalue weighted by atomic mass is 10.1. The number of thiazole rings is 1. The molecule has 0 saturated heterocycles. The van der Waals surface area contributed by atoms with Crippen molar-refractivity contribution < 1.29 is 18.0 Å². The van der Waals surface area contributed by atoms with Crippen LogP contribution in [0.4, 0.5) is 18.3 Å². The van der Waals surface area contributed by atoms with Crippen molar-refractivity contribution in [3.63, 3.8) is 0 Å². The van der Waals surface area contributed by atoms with Crippen molar-refractivity contribution in [1.82, 2.24) is 19.9 Å². The molecule has 0 aliphatic heterocycles. The average Bonchev–Trinajstić information content (AvgIpc) is 3.29. The molecule has 1 amide bonds. The molecule has 27 heavy (non-hydrogen) atoms. The number of benzene rings is 1. The number of aromatic amines is 1. The van der Waals surface area contributed by atoms with Gasteiger partial charge >= 0.3 is 6.18 Å². The maximum atomic E-state index is 13.3. The number of hydrogen-bond acceptors (Lipinski definition) is 5. The second-order valence-corrected chi connectivity index (χ2v) is 6.37. The first-order valence-electron chi connectivity index (χ1n) is 7.65. The van der Waals surface area contributed by atoms with Crippen molar-refractivity contribution in [3.8, 4) is 11.5 Å². The second-order valence-electron chi connectivity index (χ2n) is 5.48. The molecule has 6 nitrogen and oxygen atoms in total. The third-order valence-corrected chi connectivity index (χ3v) is 4.44. The van der Waals surface area contributed by atoms with E-state index < -0.39 is 17.6 Å². The highest BCUT2D eigenvalue weighted by molar-refractivity contribution is 7.13. The van der Waals surface area contributed by atoms with E-state index in [0.29, 0.717) is 10.6 Å². The second kappa shape index (κ2) is 6.47. The van der Waals surface area contributed by atoms with Crippen LogP contribution in [0.15, 0.2) is 48.1 Å². The maximum absolute atomic E-state index is 13.3. The molecule has 4 rings (SSSR count). The molecule has 10 heteroatoms. The minimum atomic E-state index is -4.58. The Kier molecular flexibility index (Phi) is 4.11. The zero-order chi connectivity index (χ0) is 19.0. The van der Waals surface area contributed by atoms with E-state index in [2.05, 4.69) is 25.3 Å². The molecule has 136 valence electrons. The third-order valence-electron chi connectivity index (χ3n) is 3.75. The van der Waals surface area contributed by atoms with Crippen molar-refractivity contribution in [2.24, 2.45) is 0 Å². The molecule has 0 bridgehead atoms. The van der Waals surface area contributed by atoms with Crippen molar-refractivity contribution >= 4 is 33.4 Å². The standard InChI is InChI=1S/C17H10F3N5OS/c18-17(19,20)10-4-2-6-21-13(10)14-23-11-5-1-3-9(12(11)24-14)15(26)25-16-22-7-8-27-16/h1-8H,(H,23,24)(H,22,25,26). The van der Waals surface area contributed by atoms with E-state index in [-0.39, 0.29) is 22.6 Å². The van der Waals surface area contributed by atoms with Crippen LogP contribution in [-0.4, -0.2) is 25.8 Å². The summed E-state index contributed by atoms with van der Waals surface area (Å²) < 4.78 is 39.8. The van der Waals surface area contributed by atoms with Gasteiger partial charge in [-0.25, -0.2) is 9.97 Å². The summed E-state index contributed by atoms with van der Waals surface area (Å²) in [6, 6.07) is 6.93. The Labute approximate surface area is 154 Å². The van der Waals surface area contributed by atoms with Gasteiger partial charge in [0.15, 0.2) is 11.0 Å². The summed E-state index contributed by atoms with van der Waals surface area (Å²) >= 11 is 1.25. The van der Waals surface area contributed by atoms with Crippen molar-refractivity contribution in [3.05, 3.63) is 59.2 Å². The molecular weight excluding hydrogens is 379 g/mol. The summed E-state index contributed by atoms with van der Waals surface area (Å²) in [5, 5.41) is 4.76. The Morgan fingerprint density at radius 2 is 1.96 bits per heavy atom. The lowest BCUT2D eigenvalue weighted by Gasteiger charge is -2.09. The van der Waals surface area contributed by atoms with Crippen LogP contribution in [0.1, 0.15) is 15.9 Å². The Bertz CT molecular complexity index is 1120. The molecule has 3 aromatic heterocycles. The molecule has 0 spiro atoms. The van der Waals surface area contributed by atoms with Gasteiger partial charge in [0.2, 0.25) is 0 Å². The van der Waals surface area contributed by atoms with Gasteiger partial charge in [-0.1, -0.05) is 6.07 Å². The minimum Gasteiger partial charge on any atom is -0.337 e. The Morgan fingerprint density at radius 3 is 2.70 bits per heavy atom. The van der Waals surface area contributed by atoms with Crippen LogP contribution in [0.3, 0.4) is 0 Å². The monoisotopic (exact) mass is 389 g/mol. The number of pyridine rings is 1. The molecule has 1 aromatic carbocycles. The van der Waals surface area contributed by atoms with Gasteiger partial charge in [0.1, 0.15) is 11.2 Å². The van der Waals surface area contributed by atoms with Gasteiger partial charge in [-0.15, -0.1) is 11.3 Å². The number of anilines is 1. The van der Waals surface area contributed by atoms with Gasteiger partial charge < -0.3 is 4.98 Å². The molecule has 0 aliphatic carbocycles. The smallest absolute Gasteiger partial charge is 0.337 e. The SMILES string of the molecule is O=C(Nc1nccs1)c1cccc2[nH]c(-c3ncccc3C(F)(F)F)nc12. The quantitative estimate of drug-likeness (QED) is 0.546. The summed E-state index contributed by atoms with van der Waals surface area (Å²) in [4.78, 5) is 27.3. The number of H-pyrrole nitrogens is 1. The fraction of sp³-hybridized carbons (Fsp3) is 0.0588. The molecule has 0 aliphatic rings. The van der Waals surface area contributed by atoms with Crippen LogP contribution >= 0.6 is 11.3 Å². The van der Waals surface area contributed by atoms with E-state index in [1.165, 1.54) is 23.6 Å². The number of amides is 1. The molecule has 0 fully saturated rings. The highest BCUT2D eigenvalue weighted by Gasteiger charge is 2.35. The minimum absolute atomic E-state index is 0.0626. The maximum Gasteiger partial charge on any atom is 0.418 e. The number of aromatic nitrogens is 4. The van der Waals surface area contributed by atoms with E-state index >= 15 is 0 Å². The molecule has 0 atom stereocenters. The van der Waals surface area contributed by atoms with Crippen LogP contribution in [0.5, 0.6) is 0 Å². The first-order valence-corrected chi connectivity index (χ1v) is 8.53. The highest BCUT2D eigenvalue weighted by atomic mass is 32.1. The van der Waals surface area contributed by atoms with Crippen LogP contribution in [0, 0.1) is 0 Å². The number of para-hydroxylation sites is 1. The zero-order valence-electron chi connectivity index (χ0n) is 13.4. The number of imidazole rings is 1. The van der Waals surface area contributed by atoms with Crippen LogP contribution in [-0.2, 0) is 6.18 Å². The fourth-order valence-electron chi connectivity index (χ4n) is 2.60.